The third kappa shape index (κ3) is 4.69. The number of H-pyrrole nitrogens is 4. The van der Waals surface area contributed by atoms with Crippen molar-refractivity contribution >= 4 is 39.1 Å². The van der Waals surface area contributed by atoms with Gasteiger partial charge in [0.05, 0.1) is 40.6 Å². The first kappa shape index (κ1) is 32.1. The van der Waals surface area contributed by atoms with Gasteiger partial charge in [0.15, 0.2) is 0 Å². The average Bonchev–Trinajstić information content (AvgIpc) is 3.91. The number of nitrogens with zero attached hydrogens (tertiary/aromatic N) is 4. The number of fused-ring (bicyclic) bond motifs is 12. The molecule has 2 aliphatic carbocycles. The predicted molar refractivity (Wildman–Crippen MR) is 207 cm³/mol. The highest BCUT2D eigenvalue weighted by Crippen LogP contribution is 2.48. The van der Waals surface area contributed by atoms with Crippen LogP contribution >= 0.6 is 0 Å². The van der Waals surface area contributed by atoms with Gasteiger partial charge in [0.1, 0.15) is 0 Å². The minimum absolute atomic E-state index is 0.150. The molecule has 0 radical (unpaired) electrons. The standard InChI is InChI=1S/C21H24N4O.C21H26N4/c1-11(2)25-17-8-14-13-7-5-6-12-10-22-24-18(12)19(13)23-16(14)9-15(17)21(3,4)20(25)26;1-12(2)25-11-21(3,4)16-9-17-15(8-18(16)25)14-7-5-6-13-10-22-24-19(13)20(14)23-17/h8-11,23H,5-7H2,1-4H3,(H,22,24);8-10,12,23H,5-7,11H2,1-4H3,(H,22,24). The highest BCUT2D eigenvalue weighted by atomic mass is 16.2. The lowest BCUT2D eigenvalue weighted by molar-refractivity contribution is -0.122. The van der Waals surface area contributed by atoms with E-state index in [4.69, 9.17) is 0 Å². The number of aryl methyl sites for hydroxylation is 4. The zero-order valence-corrected chi connectivity index (χ0v) is 31.3. The highest BCUT2D eigenvalue weighted by molar-refractivity contribution is 6.11. The maximum atomic E-state index is 13.0. The number of aromatic nitrogens is 6. The second-order valence-electron chi connectivity index (χ2n) is 17.0. The van der Waals surface area contributed by atoms with Gasteiger partial charge >= 0.3 is 0 Å². The van der Waals surface area contributed by atoms with E-state index in [1.54, 1.807) is 0 Å². The van der Waals surface area contributed by atoms with Gasteiger partial charge in [-0.25, -0.2) is 0 Å². The lowest BCUT2D eigenvalue weighted by atomic mass is 9.85. The van der Waals surface area contributed by atoms with Crippen LogP contribution in [0.25, 0.3) is 44.6 Å². The second kappa shape index (κ2) is 11.1. The maximum absolute atomic E-state index is 13.0. The number of hydrogen-bond acceptors (Lipinski definition) is 4. The normalized spacial score (nSPS) is 18.3. The number of aromatic amines is 4. The van der Waals surface area contributed by atoms with Crippen LogP contribution in [0, 0.1) is 0 Å². The Kier molecular flexibility index (Phi) is 7.00. The van der Waals surface area contributed by atoms with Crippen LogP contribution in [0.3, 0.4) is 0 Å². The van der Waals surface area contributed by atoms with Crippen molar-refractivity contribution in [2.45, 2.75) is 117 Å². The molecular weight excluding hydrogens is 633 g/mol. The van der Waals surface area contributed by atoms with E-state index in [9.17, 15) is 4.79 Å². The van der Waals surface area contributed by atoms with E-state index in [-0.39, 0.29) is 17.4 Å². The van der Waals surface area contributed by atoms with Crippen LogP contribution in [0.2, 0.25) is 0 Å². The molecule has 0 bridgehead atoms. The van der Waals surface area contributed by atoms with Gasteiger partial charge in [-0.1, -0.05) is 13.8 Å². The fourth-order valence-corrected chi connectivity index (χ4v) is 9.44. The predicted octanol–water partition coefficient (Wildman–Crippen LogP) is 8.63. The Hall–Kier alpha value is -4.79. The molecule has 0 spiro atoms. The Labute approximate surface area is 299 Å². The summed E-state index contributed by atoms with van der Waals surface area (Å²) < 4.78 is 0. The molecule has 264 valence electrons. The number of nitrogens with one attached hydrogen (secondary N) is 4. The molecule has 10 rings (SSSR count). The summed E-state index contributed by atoms with van der Waals surface area (Å²) in [6.45, 7) is 18.6. The van der Waals surface area contributed by atoms with Crippen LogP contribution in [0.15, 0.2) is 36.7 Å². The van der Waals surface area contributed by atoms with E-state index >= 15 is 0 Å². The molecule has 2 aromatic carbocycles. The van der Waals surface area contributed by atoms with E-state index in [1.807, 2.05) is 31.1 Å². The zero-order valence-electron chi connectivity index (χ0n) is 31.3. The fraction of sp³-hybridized carbons (Fsp3) is 0.452. The number of amides is 1. The smallest absolute Gasteiger partial charge is 0.237 e. The molecule has 4 aliphatic rings. The topological polar surface area (TPSA) is 112 Å². The van der Waals surface area contributed by atoms with Crippen LogP contribution in [0.4, 0.5) is 11.4 Å². The van der Waals surface area contributed by atoms with Gasteiger partial charge in [-0.3, -0.25) is 15.0 Å². The summed E-state index contributed by atoms with van der Waals surface area (Å²) in [5.41, 5.74) is 17.3. The Morgan fingerprint density at radius 3 is 1.73 bits per heavy atom. The molecule has 6 heterocycles. The summed E-state index contributed by atoms with van der Waals surface area (Å²) in [5, 5.41) is 17.6. The van der Waals surface area contributed by atoms with Crippen LogP contribution in [0.1, 0.15) is 102 Å². The third-order valence-electron chi connectivity index (χ3n) is 12.2. The minimum atomic E-state index is -0.491. The van der Waals surface area contributed by atoms with Crippen molar-refractivity contribution in [1.82, 2.24) is 30.4 Å². The molecule has 0 saturated carbocycles. The van der Waals surface area contributed by atoms with Crippen molar-refractivity contribution in [1.29, 1.82) is 0 Å². The van der Waals surface area contributed by atoms with Crippen LogP contribution < -0.4 is 9.80 Å². The largest absolute Gasteiger partial charge is 0.368 e. The lowest BCUT2D eigenvalue weighted by Crippen LogP contribution is -2.40. The summed E-state index contributed by atoms with van der Waals surface area (Å²) in [6, 6.07) is 9.93. The van der Waals surface area contributed by atoms with E-state index in [0.29, 0.717) is 6.04 Å². The molecule has 0 fully saturated rings. The Morgan fingerprint density at radius 1 is 0.667 bits per heavy atom. The van der Waals surface area contributed by atoms with Crippen LogP contribution in [-0.4, -0.2) is 54.9 Å². The molecule has 4 N–H and O–H groups in total. The first-order valence-corrected chi connectivity index (χ1v) is 18.9. The number of benzene rings is 2. The van der Waals surface area contributed by atoms with Crippen molar-refractivity contribution in [3.05, 3.63) is 70.0 Å². The summed E-state index contributed by atoms with van der Waals surface area (Å²) >= 11 is 0. The van der Waals surface area contributed by atoms with Crippen LogP contribution in [0.5, 0.6) is 0 Å². The van der Waals surface area contributed by atoms with Crippen molar-refractivity contribution in [2.75, 3.05) is 16.3 Å². The van der Waals surface area contributed by atoms with Gasteiger partial charge in [0, 0.05) is 57.2 Å². The first-order valence-electron chi connectivity index (χ1n) is 18.9. The van der Waals surface area contributed by atoms with Gasteiger partial charge in [-0.2, -0.15) is 10.2 Å². The van der Waals surface area contributed by atoms with Gasteiger partial charge in [-0.15, -0.1) is 0 Å². The first-order chi connectivity index (χ1) is 24.3. The summed E-state index contributed by atoms with van der Waals surface area (Å²) in [7, 11) is 0. The van der Waals surface area contributed by atoms with E-state index in [2.05, 4.69) is 101 Å². The van der Waals surface area contributed by atoms with E-state index < -0.39 is 5.41 Å². The fourth-order valence-electron chi connectivity index (χ4n) is 9.44. The molecule has 6 aromatic rings. The van der Waals surface area contributed by atoms with Gasteiger partial charge in [-0.05, 0) is 138 Å². The molecule has 0 saturated heterocycles. The maximum Gasteiger partial charge on any atom is 0.237 e. The van der Waals surface area contributed by atoms with E-state index in [0.717, 1.165) is 66.8 Å². The van der Waals surface area contributed by atoms with Crippen LogP contribution in [-0.2, 0) is 41.3 Å². The molecule has 9 heteroatoms. The number of carbonyl (C=O) groups is 1. The highest BCUT2D eigenvalue weighted by Gasteiger charge is 2.45. The molecule has 9 nitrogen and oxygen atoms in total. The lowest BCUT2D eigenvalue weighted by Gasteiger charge is -2.26. The number of anilines is 2. The Morgan fingerprint density at radius 2 is 1.20 bits per heavy atom. The third-order valence-corrected chi connectivity index (χ3v) is 12.2. The SMILES string of the molecule is CC(C)N1C(=O)C(C)(C)c2cc3[nH]c4c(c3cc21)CCCc1cn[nH]c1-4.CC(C)N1CC(C)(C)c2cc3[nH]c4c(c3cc21)CCCc1cn[nH]c1-4. The average molecular weight is 683 g/mol. The van der Waals surface area contributed by atoms with Crippen molar-refractivity contribution < 1.29 is 4.79 Å². The molecular formula is C42H50N8O. The Bertz CT molecular complexity index is 2360. The molecule has 4 aromatic heterocycles. The van der Waals surface area contributed by atoms with Crippen molar-refractivity contribution in [3.8, 4) is 22.8 Å². The quantitative estimate of drug-likeness (QED) is 0.147. The van der Waals surface area contributed by atoms with Gasteiger partial charge in [0.25, 0.3) is 0 Å². The second-order valence-corrected chi connectivity index (χ2v) is 17.0. The monoisotopic (exact) mass is 682 g/mol. The van der Waals surface area contributed by atoms with Gasteiger partial charge < -0.3 is 19.8 Å². The van der Waals surface area contributed by atoms with Crippen molar-refractivity contribution in [2.24, 2.45) is 0 Å². The number of hydrogen-bond donors (Lipinski definition) is 4. The summed E-state index contributed by atoms with van der Waals surface area (Å²) in [6.07, 6.45) is 10.5. The van der Waals surface area contributed by atoms with Crippen molar-refractivity contribution in [3.63, 3.8) is 0 Å². The summed E-state index contributed by atoms with van der Waals surface area (Å²) in [4.78, 5) is 24.9. The molecule has 51 heavy (non-hydrogen) atoms. The molecule has 2 aliphatic heterocycles. The molecule has 0 atom stereocenters. The van der Waals surface area contributed by atoms with Gasteiger partial charge in [0.2, 0.25) is 5.91 Å². The molecule has 1 amide bonds. The number of rotatable bonds is 2. The number of carbonyl (C=O) groups excluding carboxylic acids is 1. The summed E-state index contributed by atoms with van der Waals surface area (Å²) in [5.74, 6) is 0.192. The Balaban J connectivity index is 0.000000137. The zero-order chi connectivity index (χ0) is 35.6. The molecule has 0 unspecified atom stereocenters. The van der Waals surface area contributed by atoms with E-state index in [1.165, 1.54) is 67.6 Å². The minimum Gasteiger partial charge on any atom is -0.368 e.